The van der Waals surface area contributed by atoms with Crippen molar-refractivity contribution in [3.05, 3.63) is 12.2 Å². The fourth-order valence-corrected chi connectivity index (χ4v) is 8.63. The molecule has 29 heavy (non-hydrogen) atoms. The standard InChI is InChI=1S/C26H40O3/c1-16(9-12-22(27)29-5)18-10-11-20-23-21(13-15-26(18,20)4)25(3)14-7-6-8-19(25)17(2)24(23)28/h16,18-21,23H,2,6-15H2,1,3-5H3/t16-,18?,19?,20?,21?,23?,25?,26?/m1/s1. The molecule has 0 heterocycles. The Kier molecular flexibility index (Phi) is 5.49. The molecule has 162 valence electrons. The van der Waals surface area contributed by atoms with E-state index in [0.29, 0.717) is 41.8 Å². The summed E-state index contributed by atoms with van der Waals surface area (Å²) in [7, 11) is 1.47. The minimum Gasteiger partial charge on any atom is -0.469 e. The Morgan fingerprint density at radius 2 is 1.83 bits per heavy atom. The maximum Gasteiger partial charge on any atom is 0.305 e. The molecule has 0 spiro atoms. The number of allylic oxidation sites excluding steroid dienone is 1. The van der Waals surface area contributed by atoms with Crippen molar-refractivity contribution < 1.29 is 14.3 Å². The van der Waals surface area contributed by atoms with E-state index in [-0.39, 0.29) is 22.7 Å². The monoisotopic (exact) mass is 400 g/mol. The van der Waals surface area contributed by atoms with Crippen molar-refractivity contribution >= 4 is 11.8 Å². The van der Waals surface area contributed by atoms with Crippen LogP contribution in [-0.2, 0) is 14.3 Å². The van der Waals surface area contributed by atoms with Crippen LogP contribution in [0.15, 0.2) is 12.2 Å². The molecule has 0 aromatic rings. The quantitative estimate of drug-likeness (QED) is 0.431. The number of fused-ring (bicyclic) bond motifs is 5. The van der Waals surface area contributed by atoms with Gasteiger partial charge in [0.15, 0.2) is 5.78 Å². The number of esters is 1. The summed E-state index contributed by atoms with van der Waals surface area (Å²) in [6.45, 7) is 11.6. The minimum atomic E-state index is -0.102. The number of Topliss-reactive ketones (excluding diaryl/α,β-unsaturated/α-hetero) is 1. The topological polar surface area (TPSA) is 43.4 Å². The Morgan fingerprint density at radius 1 is 1.10 bits per heavy atom. The third-order valence-corrected chi connectivity index (χ3v) is 10.2. The lowest BCUT2D eigenvalue weighted by Gasteiger charge is -2.60. The van der Waals surface area contributed by atoms with Crippen molar-refractivity contribution in [2.45, 2.75) is 85.0 Å². The molecule has 4 fully saturated rings. The van der Waals surface area contributed by atoms with E-state index in [4.69, 9.17) is 4.74 Å². The zero-order chi connectivity index (χ0) is 21.0. The molecule has 0 aromatic carbocycles. The summed E-state index contributed by atoms with van der Waals surface area (Å²) in [6.07, 6.45) is 11.2. The van der Waals surface area contributed by atoms with Gasteiger partial charge in [-0.25, -0.2) is 0 Å². The number of rotatable bonds is 4. The first kappa shape index (κ1) is 21.1. The summed E-state index contributed by atoms with van der Waals surface area (Å²) in [5, 5.41) is 0. The third kappa shape index (κ3) is 3.13. The average Bonchev–Trinajstić information content (AvgIpc) is 3.06. The van der Waals surface area contributed by atoms with Gasteiger partial charge in [0.25, 0.3) is 0 Å². The van der Waals surface area contributed by atoms with Crippen LogP contribution in [-0.4, -0.2) is 18.9 Å². The van der Waals surface area contributed by atoms with Gasteiger partial charge in [-0.15, -0.1) is 0 Å². The van der Waals surface area contributed by atoms with Crippen LogP contribution in [0.25, 0.3) is 0 Å². The van der Waals surface area contributed by atoms with Crippen molar-refractivity contribution in [3.63, 3.8) is 0 Å². The Labute approximate surface area is 177 Å². The van der Waals surface area contributed by atoms with Crippen LogP contribution >= 0.6 is 0 Å². The molecule has 0 amide bonds. The maximum atomic E-state index is 13.6. The van der Waals surface area contributed by atoms with Crippen molar-refractivity contribution in [2.24, 2.45) is 46.3 Å². The van der Waals surface area contributed by atoms with Gasteiger partial charge < -0.3 is 4.74 Å². The molecule has 7 unspecified atom stereocenters. The number of hydrogen-bond donors (Lipinski definition) is 0. The Bertz CT molecular complexity index is 696. The highest BCUT2D eigenvalue weighted by molar-refractivity contribution is 5.99. The van der Waals surface area contributed by atoms with Gasteiger partial charge in [-0.2, -0.15) is 0 Å². The molecule has 8 atom stereocenters. The van der Waals surface area contributed by atoms with Crippen molar-refractivity contribution in [3.8, 4) is 0 Å². The number of carbonyl (C=O) groups is 2. The largest absolute Gasteiger partial charge is 0.469 e. The molecule has 0 aliphatic heterocycles. The first-order valence-electron chi connectivity index (χ1n) is 12.0. The molecule has 4 saturated carbocycles. The number of carbonyl (C=O) groups excluding carboxylic acids is 2. The lowest BCUT2D eigenvalue weighted by Crippen LogP contribution is -2.57. The van der Waals surface area contributed by atoms with Gasteiger partial charge in [-0.1, -0.05) is 40.2 Å². The van der Waals surface area contributed by atoms with E-state index in [9.17, 15) is 9.59 Å². The lowest BCUT2D eigenvalue weighted by molar-refractivity contribution is -0.146. The molecule has 0 bridgehead atoms. The highest BCUT2D eigenvalue weighted by Crippen LogP contribution is 2.68. The van der Waals surface area contributed by atoms with Gasteiger partial charge in [0.05, 0.1) is 7.11 Å². The second-order valence-electron chi connectivity index (χ2n) is 11.3. The summed E-state index contributed by atoms with van der Waals surface area (Å²) >= 11 is 0. The van der Waals surface area contributed by atoms with Gasteiger partial charge in [0, 0.05) is 12.3 Å². The second kappa shape index (κ2) is 7.54. The van der Waals surface area contributed by atoms with Crippen molar-refractivity contribution in [2.75, 3.05) is 7.11 Å². The van der Waals surface area contributed by atoms with E-state index in [1.165, 1.54) is 58.5 Å². The first-order chi connectivity index (χ1) is 13.7. The minimum absolute atomic E-state index is 0.102. The third-order valence-electron chi connectivity index (χ3n) is 10.2. The van der Waals surface area contributed by atoms with E-state index >= 15 is 0 Å². The van der Waals surface area contributed by atoms with Gasteiger partial charge in [-0.3, -0.25) is 9.59 Å². The van der Waals surface area contributed by atoms with E-state index in [2.05, 4.69) is 27.4 Å². The molecule has 0 N–H and O–H groups in total. The normalized spacial score (nSPS) is 45.2. The summed E-state index contributed by atoms with van der Waals surface area (Å²) in [4.78, 5) is 25.3. The zero-order valence-electron chi connectivity index (χ0n) is 19.0. The van der Waals surface area contributed by atoms with Gasteiger partial charge in [0.2, 0.25) is 0 Å². The fraction of sp³-hybridized carbons (Fsp3) is 0.846. The van der Waals surface area contributed by atoms with Crippen LogP contribution in [0, 0.1) is 46.3 Å². The Morgan fingerprint density at radius 3 is 2.55 bits per heavy atom. The number of ketones is 1. The average molecular weight is 401 g/mol. The molecule has 0 aromatic heterocycles. The highest BCUT2D eigenvalue weighted by atomic mass is 16.5. The van der Waals surface area contributed by atoms with E-state index < -0.39 is 0 Å². The van der Waals surface area contributed by atoms with Crippen molar-refractivity contribution in [1.29, 1.82) is 0 Å². The molecule has 4 aliphatic carbocycles. The summed E-state index contributed by atoms with van der Waals surface area (Å²) in [5.41, 5.74) is 1.47. The van der Waals surface area contributed by atoms with Crippen LogP contribution in [0.5, 0.6) is 0 Å². The second-order valence-corrected chi connectivity index (χ2v) is 11.3. The van der Waals surface area contributed by atoms with Gasteiger partial charge in [0.1, 0.15) is 0 Å². The van der Waals surface area contributed by atoms with E-state index in [0.717, 1.165) is 12.0 Å². The van der Waals surface area contributed by atoms with Crippen molar-refractivity contribution in [1.82, 2.24) is 0 Å². The molecular weight excluding hydrogens is 360 g/mol. The predicted molar refractivity (Wildman–Crippen MR) is 115 cm³/mol. The van der Waals surface area contributed by atoms with Crippen LogP contribution < -0.4 is 0 Å². The first-order valence-corrected chi connectivity index (χ1v) is 12.0. The molecular formula is C26H40O3. The summed E-state index contributed by atoms with van der Waals surface area (Å²) < 4.78 is 4.86. The van der Waals surface area contributed by atoms with Gasteiger partial charge in [-0.05, 0) is 90.9 Å². The number of ether oxygens (including phenoxy) is 1. The molecule has 4 rings (SSSR count). The van der Waals surface area contributed by atoms with Crippen LogP contribution in [0.2, 0.25) is 0 Å². The molecule has 3 nitrogen and oxygen atoms in total. The van der Waals surface area contributed by atoms with E-state index in [1.807, 2.05) is 0 Å². The fourth-order valence-electron chi connectivity index (χ4n) is 8.63. The van der Waals surface area contributed by atoms with Crippen LogP contribution in [0.1, 0.15) is 85.0 Å². The number of methoxy groups -OCH3 is 1. The Hall–Kier alpha value is -1.12. The zero-order valence-corrected chi connectivity index (χ0v) is 19.0. The van der Waals surface area contributed by atoms with Crippen LogP contribution in [0.4, 0.5) is 0 Å². The number of hydrogen-bond acceptors (Lipinski definition) is 3. The SMILES string of the molecule is C=C1C(=O)C2C(CCC3(C)C2CCC3[C@H](C)CCC(=O)OC)C2(C)CCCCC12. The van der Waals surface area contributed by atoms with Gasteiger partial charge >= 0.3 is 5.97 Å². The lowest BCUT2D eigenvalue weighted by atomic mass is 9.43. The molecule has 0 saturated heterocycles. The van der Waals surface area contributed by atoms with E-state index in [1.54, 1.807) is 0 Å². The highest BCUT2D eigenvalue weighted by Gasteiger charge is 2.63. The maximum absolute atomic E-state index is 13.6. The predicted octanol–water partition coefficient (Wildman–Crippen LogP) is 5.97. The summed E-state index contributed by atoms with van der Waals surface area (Å²) in [5.74, 6) is 3.08. The molecule has 4 aliphatic rings. The smallest absolute Gasteiger partial charge is 0.305 e. The Balaban J connectivity index is 1.58. The molecule has 3 heteroatoms. The summed E-state index contributed by atoms with van der Waals surface area (Å²) in [6, 6.07) is 0. The van der Waals surface area contributed by atoms with Crippen LogP contribution in [0.3, 0.4) is 0 Å². The molecule has 0 radical (unpaired) electrons.